The number of rotatable bonds is 1. The van der Waals surface area contributed by atoms with E-state index in [2.05, 4.69) is 34.4 Å². The molecule has 1 spiro atoms. The highest BCUT2D eigenvalue weighted by Crippen LogP contribution is 2.25. The Morgan fingerprint density at radius 2 is 2.27 bits per heavy atom. The minimum atomic E-state index is -0.431. The Labute approximate surface area is 89.9 Å². The molecule has 0 bridgehead atoms. The van der Waals surface area contributed by atoms with Crippen molar-refractivity contribution in [2.75, 3.05) is 20.1 Å². The quantitative estimate of drug-likeness (QED) is 0.616. The summed E-state index contributed by atoms with van der Waals surface area (Å²) < 4.78 is 0. The van der Waals surface area contributed by atoms with Crippen molar-refractivity contribution < 1.29 is 4.79 Å². The van der Waals surface area contributed by atoms with Gasteiger partial charge in [-0.2, -0.15) is 0 Å². The summed E-state index contributed by atoms with van der Waals surface area (Å²) in [5.41, 5.74) is -0.431. The number of guanidine groups is 1. The van der Waals surface area contributed by atoms with E-state index in [1.54, 1.807) is 7.05 Å². The molecule has 0 radical (unpaired) electrons. The summed E-state index contributed by atoms with van der Waals surface area (Å²) in [5.74, 6) is 0.664. The zero-order chi connectivity index (χ0) is 11.1. The van der Waals surface area contributed by atoms with Crippen LogP contribution in [0, 0.1) is 0 Å². The highest BCUT2D eigenvalue weighted by Gasteiger charge is 2.49. The first-order valence-electron chi connectivity index (χ1n) is 5.38. The van der Waals surface area contributed by atoms with E-state index < -0.39 is 5.54 Å². The lowest BCUT2D eigenvalue weighted by Crippen LogP contribution is -2.49. The number of hydrogen-bond donors (Lipinski definition) is 2. The first-order chi connectivity index (χ1) is 7.07. The molecular weight excluding hydrogens is 192 g/mol. The summed E-state index contributed by atoms with van der Waals surface area (Å²) in [5, 5.41) is 5.97. The Bertz CT molecular complexity index is 313. The molecule has 5 heteroatoms. The maximum absolute atomic E-state index is 11.9. The first kappa shape index (κ1) is 10.4. The molecule has 2 heterocycles. The summed E-state index contributed by atoms with van der Waals surface area (Å²) in [6, 6.07) is 0.488. The topological polar surface area (TPSA) is 56.7 Å². The zero-order valence-corrected chi connectivity index (χ0v) is 9.50. The van der Waals surface area contributed by atoms with E-state index in [0.29, 0.717) is 12.0 Å². The van der Waals surface area contributed by atoms with Crippen LogP contribution >= 0.6 is 0 Å². The molecule has 0 aliphatic carbocycles. The van der Waals surface area contributed by atoms with Crippen LogP contribution in [0.15, 0.2) is 4.99 Å². The van der Waals surface area contributed by atoms with E-state index in [1.165, 1.54) is 0 Å². The van der Waals surface area contributed by atoms with E-state index in [0.717, 1.165) is 19.5 Å². The van der Waals surface area contributed by atoms with Gasteiger partial charge in [0, 0.05) is 26.2 Å². The van der Waals surface area contributed by atoms with Crippen LogP contribution in [0.4, 0.5) is 0 Å². The first-order valence-corrected chi connectivity index (χ1v) is 5.38. The van der Waals surface area contributed by atoms with Crippen LogP contribution in [0.1, 0.15) is 20.3 Å². The van der Waals surface area contributed by atoms with Crippen LogP contribution < -0.4 is 10.6 Å². The van der Waals surface area contributed by atoms with Crippen molar-refractivity contribution in [2.24, 2.45) is 4.99 Å². The van der Waals surface area contributed by atoms with E-state index in [1.807, 2.05) is 0 Å². The normalized spacial score (nSPS) is 34.1. The highest BCUT2D eigenvalue weighted by molar-refractivity contribution is 6.09. The number of hydrogen-bond acceptors (Lipinski definition) is 3. The fourth-order valence-electron chi connectivity index (χ4n) is 2.22. The molecule has 2 aliphatic rings. The molecule has 2 N–H and O–H groups in total. The van der Waals surface area contributed by atoms with Crippen LogP contribution in [-0.2, 0) is 4.79 Å². The summed E-state index contributed by atoms with van der Waals surface area (Å²) in [7, 11) is 1.68. The Balaban J connectivity index is 2.14. The van der Waals surface area contributed by atoms with Crippen molar-refractivity contribution in [1.29, 1.82) is 0 Å². The fraction of sp³-hybridized carbons (Fsp3) is 0.800. The Morgan fingerprint density at radius 1 is 1.53 bits per heavy atom. The molecular formula is C10H18N4O. The van der Waals surface area contributed by atoms with Gasteiger partial charge in [0.2, 0.25) is 0 Å². The second kappa shape index (κ2) is 3.48. The van der Waals surface area contributed by atoms with Gasteiger partial charge in [0.25, 0.3) is 5.91 Å². The molecule has 5 nitrogen and oxygen atoms in total. The number of amides is 1. The molecule has 0 aromatic rings. The van der Waals surface area contributed by atoms with Gasteiger partial charge >= 0.3 is 0 Å². The van der Waals surface area contributed by atoms with Gasteiger partial charge in [0.1, 0.15) is 5.54 Å². The second-order valence-electron chi connectivity index (χ2n) is 4.55. The van der Waals surface area contributed by atoms with Gasteiger partial charge in [0.05, 0.1) is 0 Å². The smallest absolute Gasteiger partial charge is 0.253 e. The number of carbonyl (C=O) groups is 1. The van der Waals surface area contributed by atoms with Gasteiger partial charge in [-0.05, 0) is 20.3 Å². The van der Waals surface area contributed by atoms with Crippen molar-refractivity contribution in [1.82, 2.24) is 15.5 Å². The third kappa shape index (κ3) is 1.61. The highest BCUT2D eigenvalue weighted by atomic mass is 16.2. The number of likely N-dealkylation sites (tertiary alicyclic amines) is 1. The largest absolute Gasteiger partial charge is 0.341 e. The van der Waals surface area contributed by atoms with Crippen molar-refractivity contribution in [3.63, 3.8) is 0 Å². The Hall–Kier alpha value is -1.10. The standard InChI is InChI=1S/C10H18N4O/c1-7(2)14-5-4-10(6-14)8(15)12-9(11-3)13-10/h7H,4-6H2,1-3H3,(H2,11,12,13,15). The third-order valence-electron chi connectivity index (χ3n) is 3.28. The van der Waals surface area contributed by atoms with E-state index >= 15 is 0 Å². The van der Waals surface area contributed by atoms with Crippen molar-refractivity contribution in [3.05, 3.63) is 0 Å². The summed E-state index contributed by atoms with van der Waals surface area (Å²) in [4.78, 5) is 18.1. The molecule has 0 aromatic carbocycles. The molecule has 2 saturated heterocycles. The van der Waals surface area contributed by atoms with Crippen molar-refractivity contribution in [2.45, 2.75) is 31.8 Å². The Morgan fingerprint density at radius 3 is 2.73 bits per heavy atom. The van der Waals surface area contributed by atoms with Crippen molar-refractivity contribution in [3.8, 4) is 0 Å². The van der Waals surface area contributed by atoms with E-state index in [9.17, 15) is 4.79 Å². The van der Waals surface area contributed by atoms with Crippen LogP contribution in [-0.4, -0.2) is 48.5 Å². The molecule has 2 aliphatic heterocycles. The van der Waals surface area contributed by atoms with Gasteiger partial charge in [-0.25, -0.2) is 0 Å². The molecule has 2 fully saturated rings. The number of nitrogens with zero attached hydrogens (tertiary/aromatic N) is 2. The van der Waals surface area contributed by atoms with Crippen LogP contribution in [0.2, 0.25) is 0 Å². The van der Waals surface area contributed by atoms with Gasteiger partial charge in [-0.1, -0.05) is 0 Å². The fourth-order valence-corrected chi connectivity index (χ4v) is 2.22. The summed E-state index contributed by atoms with van der Waals surface area (Å²) >= 11 is 0. The van der Waals surface area contributed by atoms with Crippen LogP contribution in [0.25, 0.3) is 0 Å². The molecule has 1 amide bonds. The molecule has 2 rings (SSSR count). The van der Waals surface area contributed by atoms with Crippen molar-refractivity contribution >= 4 is 11.9 Å². The minimum absolute atomic E-state index is 0.0613. The van der Waals surface area contributed by atoms with Crippen LogP contribution in [0.3, 0.4) is 0 Å². The van der Waals surface area contributed by atoms with Gasteiger partial charge < -0.3 is 5.32 Å². The van der Waals surface area contributed by atoms with E-state index in [-0.39, 0.29) is 5.91 Å². The predicted molar refractivity (Wildman–Crippen MR) is 58.7 cm³/mol. The van der Waals surface area contributed by atoms with Gasteiger partial charge in [0.15, 0.2) is 5.96 Å². The lowest BCUT2D eigenvalue weighted by atomic mass is 9.99. The molecule has 84 valence electrons. The SMILES string of the molecule is CN=C1NC(=O)C2(CCN(C(C)C)C2)N1. The van der Waals surface area contributed by atoms with Gasteiger partial charge in [-0.15, -0.1) is 0 Å². The van der Waals surface area contributed by atoms with E-state index in [4.69, 9.17) is 0 Å². The molecule has 1 unspecified atom stereocenters. The number of carbonyl (C=O) groups excluding carboxylic acids is 1. The predicted octanol–water partition coefficient (Wildman–Crippen LogP) is -0.455. The lowest BCUT2D eigenvalue weighted by Gasteiger charge is -2.23. The summed E-state index contributed by atoms with van der Waals surface area (Å²) in [6.45, 7) is 6.05. The van der Waals surface area contributed by atoms with Crippen LogP contribution in [0.5, 0.6) is 0 Å². The van der Waals surface area contributed by atoms with Gasteiger partial charge in [-0.3, -0.25) is 20.0 Å². The molecule has 15 heavy (non-hydrogen) atoms. The average molecular weight is 210 g/mol. The second-order valence-corrected chi connectivity index (χ2v) is 4.55. The maximum atomic E-state index is 11.9. The molecule has 0 aromatic heterocycles. The average Bonchev–Trinajstić information content (AvgIpc) is 2.74. The Kier molecular flexibility index (Phi) is 2.42. The maximum Gasteiger partial charge on any atom is 0.253 e. The summed E-state index contributed by atoms with van der Waals surface area (Å²) in [6.07, 6.45) is 0.857. The number of nitrogens with one attached hydrogen (secondary N) is 2. The lowest BCUT2D eigenvalue weighted by molar-refractivity contribution is -0.123. The third-order valence-corrected chi connectivity index (χ3v) is 3.28. The monoisotopic (exact) mass is 210 g/mol. The number of aliphatic imine (C=N–C) groups is 1. The molecule has 1 atom stereocenters. The molecule has 0 saturated carbocycles. The zero-order valence-electron chi connectivity index (χ0n) is 9.50. The minimum Gasteiger partial charge on any atom is -0.341 e.